The molecule has 0 fully saturated rings. The Morgan fingerprint density at radius 2 is 1.94 bits per heavy atom. The van der Waals surface area contributed by atoms with Crippen LogP contribution in [0.15, 0.2) is 23.2 Å². The molecule has 7 heteroatoms. The zero-order valence-corrected chi connectivity index (χ0v) is 8.81. The molecule has 0 saturated heterocycles. The molecular weight excluding hydrogens is 243 g/mol. The Kier molecular flexibility index (Phi) is 3.64. The number of hydrogen-bond donors (Lipinski definition) is 2. The third-order valence-corrected chi connectivity index (χ3v) is 2.04. The molecule has 0 amide bonds. The first-order chi connectivity index (χ1) is 7.30. The minimum atomic E-state index is -4.45. The van der Waals surface area contributed by atoms with Crippen LogP contribution in [0.2, 0.25) is 5.02 Å². The predicted octanol–water partition coefficient (Wildman–Crippen LogP) is 2.13. The zero-order valence-electron chi connectivity index (χ0n) is 8.05. The fraction of sp³-hybridized carbons (Fsp3) is 0.222. The van der Waals surface area contributed by atoms with Crippen molar-refractivity contribution in [2.75, 3.05) is 0 Å². The summed E-state index contributed by atoms with van der Waals surface area (Å²) in [5, 5.41) is 0.203. The van der Waals surface area contributed by atoms with E-state index in [0.717, 1.165) is 6.07 Å². The van der Waals surface area contributed by atoms with Gasteiger partial charge in [-0.15, -0.1) is 0 Å². The molecule has 0 spiro atoms. The van der Waals surface area contributed by atoms with Gasteiger partial charge in [-0.2, -0.15) is 13.2 Å². The zero-order chi connectivity index (χ0) is 12.3. The van der Waals surface area contributed by atoms with Gasteiger partial charge >= 0.3 is 6.18 Å². The highest BCUT2D eigenvalue weighted by atomic mass is 35.5. The minimum absolute atomic E-state index is 0.0617. The van der Waals surface area contributed by atoms with Crippen molar-refractivity contribution in [2.24, 2.45) is 16.5 Å². The van der Waals surface area contributed by atoms with Crippen LogP contribution in [-0.4, -0.2) is 5.96 Å². The molecule has 1 aromatic rings. The first-order valence-corrected chi connectivity index (χ1v) is 4.59. The summed E-state index contributed by atoms with van der Waals surface area (Å²) in [6, 6.07) is 3.26. The van der Waals surface area contributed by atoms with E-state index in [9.17, 15) is 13.2 Å². The van der Waals surface area contributed by atoms with E-state index in [4.69, 9.17) is 23.1 Å². The van der Waals surface area contributed by atoms with Crippen LogP contribution in [-0.2, 0) is 12.7 Å². The molecule has 0 saturated carbocycles. The number of halogens is 4. The molecule has 16 heavy (non-hydrogen) atoms. The van der Waals surface area contributed by atoms with Crippen LogP contribution >= 0.6 is 11.6 Å². The van der Waals surface area contributed by atoms with Crippen molar-refractivity contribution < 1.29 is 13.2 Å². The summed E-state index contributed by atoms with van der Waals surface area (Å²) in [5.74, 6) is -0.270. The normalized spacial score (nSPS) is 11.2. The Morgan fingerprint density at radius 1 is 1.31 bits per heavy atom. The van der Waals surface area contributed by atoms with Gasteiger partial charge in [-0.25, -0.2) is 4.99 Å². The predicted molar refractivity (Wildman–Crippen MR) is 56.0 cm³/mol. The summed E-state index contributed by atoms with van der Waals surface area (Å²) in [6.07, 6.45) is -4.45. The molecule has 0 radical (unpaired) electrons. The number of aliphatic imine (C=N–C) groups is 1. The van der Waals surface area contributed by atoms with Gasteiger partial charge < -0.3 is 11.5 Å². The summed E-state index contributed by atoms with van der Waals surface area (Å²) < 4.78 is 37.7. The average Bonchev–Trinajstić information content (AvgIpc) is 2.12. The summed E-state index contributed by atoms with van der Waals surface area (Å²) in [4.78, 5) is 3.52. The maximum atomic E-state index is 12.6. The molecule has 1 rings (SSSR count). The Bertz CT molecular complexity index is 411. The van der Waals surface area contributed by atoms with E-state index in [1.165, 1.54) is 12.1 Å². The molecule has 3 nitrogen and oxygen atoms in total. The number of hydrogen-bond acceptors (Lipinski definition) is 1. The first kappa shape index (κ1) is 12.6. The molecule has 0 unspecified atom stereocenters. The van der Waals surface area contributed by atoms with Crippen LogP contribution in [0.5, 0.6) is 0 Å². The van der Waals surface area contributed by atoms with Crippen molar-refractivity contribution in [1.82, 2.24) is 0 Å². The van der Waals surface area contributed by atoms with E-state index in [-0.39, 0.29) is 23.1 Å². The highest BCUT2D eigenvalue weighted by Gasteiger charge is 2.33. The van der Waals surface area contributed by atoms with Gasteiger partial charge in [-0.1, -0.05) is 11.6 Å². The smallest absolute Gasteiger partial charge is 0.370 e. The van der Waals surface area contributed by atoms with Gasteiger partial charge in [0.1, 0.15) is 0 Å². The molecule has 0 aliphatic rings. The number of alkyl halides is 3. The molecule has 0 aliphatic carbocycles. The van der Waals surface area contributed by atoms with Gasteiger partial charge in [-0.05, 0) is 23.8 Å². The van der Waals surface area contributed by atoms with Gasteiger partial charge in [0, 0.05) is 5.02 Å². The third-order valence-electron chi connectivity index (χ3n) is 1.80. The lowest BCUT2D eigenvalue weighted by molar-refractivity contribution is -0.138. The van der Waals surface area contributed by atoms with Gasteiger partial charge in [-0.3, -0.25) is 0 Å². The van der Waals surface area contributed by atoms with Crippen LogP contribution in [0, 0.1) is 0 Å². The van der Waals surface area contributed by atoms with Crippen molar-refractivity contribution in [3.63, 3.8) is 0 Å². The first-order valence-electron chi connectivity index (χ1n) is 4.21. The fourth-order valence-corrected chi connectivity index (χ4v) is 1.34. The summed E-state index contributed by atoms with van der Waals surface area (Å²) in [5.41, 5.74) is 9.25. The maximum absolute atomic E-state index is 12.6. The van der Waals surface area contributed by atoms with Crippen molar-refractivity contribution in [2.45, 2.75) is 12.7 Å². The SMILES string of the molecule is NC(N)=NCc1cc(Cl)ccc1C(F)(F)F. The molecule has 1 aromatic carbocycles. The summed E-state index contributed by atoms with van der Waals surface area (Å²) in [6.45, 7) is -0.252. The lowest BCUT2D eigenvalue weighted by Gasteiger charge is -2.11. The molecule has 4 N–H and O–H groups in total. The monoisotopic (exact) mass is 251 g/mol. The molecule has 88 valence electrons. The Labute approximate surface area is 94.9 Å². The molecule has 0 bridgehead atoms. The second kappa shape index (κ2) is 4.61. The van der Waals surface area contributed by atoms with Gasteiger partial charge in [0.2, 0.25) is 0 Å². The standard InChI is InChI=1S/C9H9ClF3N3/c10-6-1-2-7(9(11,12)13)5(3-6)4-16-8(14)15/h1-3H,4H2,(H4,14,15,16). The van der Waals surface area contributed by atoms with Crippen LogP contribution in [0.25, 0.3) is 0 Å². The number of nitrogens with zero attached hydrogens (tertiary/aromatic N) is 1. The minimum Gasteiger partial charge on any atom is -0.370 e. The van der Waals surface area contributed by atoms with Crippen LogP contribution in [0.1, 0.15) is 11.1 Å². The highest BCUT2D eigenvalue weighted by Crippen LogP contribution is 2.33. The Morgan fingerprint density at radius 3 is 2.44 bits per heavy atom. The van der Waals surface area contributed by atoms with Crippen molar-refractivity contribution in [3.05, 3.63) is 34.3 Å². The fourth-order valence-electron chi connectivity index (χ4n) is 1.15. The van der Waals surface area contributed by atoms with Gasteiger partial charge in [0.05, 0.1) is 12.1 Å². The Hall–Kier alpha value is -1.43. The largest absolute Gasteiger partial charge is 0.416 e. The van der Waals surface area contributed by atoms with E-state index >= 15 is 0 Å². The lowest BCUT2D eigenvalue weighted by Crippen LogP contribution is -2.23. The highest BCUT2D eigenvalue weighted by molar-refractivity contribution is 6.30. The topological polar surface area (TPSA) is 64.4 Å². The average molecular weight is 252 g/mol. The number of guanidine groups is 1. The molecule has 0 aliphatic heterocycles. The van der Waals surface area contributed by atoms with E-state index in [2.05, 4.69) is 4.99 Å². The second-order valence-corrected chi connectivity index (χ2v) is 3.48. The van der Waals surface area contributed by atoms with Crippen molar-refractivity contribution >= 4 is 17.6 Å². The van der Waals surface area contributed by atoms with Crippen LogP contribution in [0.3, 0.4) is 0 Å². The van der Waals surface area contributed by atoms with Crippen LogP contribution < -0.4 is 11.5 Å². The quantitative estimate of drug-likeness (QED) is 0.625. The number of nitrogens with two attached hydrogens (primary N) is 2. The number of rotatable bonds is 2. The Balaban J connectivity index is 3.14. The van der Waals surface area contributed by atoms with Crippen molar-refractivity contribution in [3.8, 4) is 0 Å². The second-order valence-electron chi connectivity index (χ2n) is 3.04. The molecular formula is C9H9ClF3N3. The van der Waals surface area contributed by atoms with Crippen LogP contribution in [0.4, 0.5) is 13.2 Å². The van der Waals surface area contributed by atoms with Gasteiger partial charge in [0.25, 0.3) is 0 Å². The summed E-state index contributed by atoms with van der Waals surface area (Å²) in [7, 11) is 0. The maximum Gasteiger partial charge on any atom is 0.416 e. The van der Waals surface area contributed by atoms with Gasteiger partial charge in [0.15, 0.2) is 5.96 Å². The number of benzene rings is 1. The van der Waals surface area contributed by atoms with Crippen molar-refractivity contribution in [1.29, 1.82) is 0 Å². The third kappa shape index (κ3) is 3.30. The van der Waals surface area contributed by atoms with E-state index in [1.54, 1.807) is 0 Å². The van der Waals surface area contributed by atoms with E-state index < -0.39 is 11.7 Å². The van der Waals surface area contributed by atoms with E-state index in [1.807, 2.05) is 0 Å². The summed E-state index contributed by atoms with van der Waals surface area (Å²) >= 11 is 5.60. The molecule has 0 heterocycles. The lowest BCUT2D eigenvalue weighted by atomic mass is 10.1. The molecule has 0 aromatic heterocycles. The van der Waals surface area contributed by atoms with E-state index in [0.29, 0.717) is 0 Å². The molecule has 0 atom stereocenters.